The molecule has 1 aromatic carbocycles. The van der Waals surface area contributed by atoms with Gasteiger partial charge >= 0.3 is 0 Å². The second kappa shape index (κ2) is 9.31. The van der Waals surface area contributed by atoms with Gasteiger partial charge < -0.3 is 5.32 Å². The SMILES string of the molecule is CCN(CC)S(=O)(=O)c1ccc([C@H](C)N[C@H](C)C(=O)NC(C)C)cc1. The molecule has 2 atom stereocenters. The molecule has 0 spiro atoms. The first-order chi connectivity index (χ1) is 11.6. The summed E-state index contributed by atoms with van der Waals surface area (Å²) in [4.78, 5) is 12.3. The van der Waals surface area contributed by atoms with E-state index in [0.717, 1.165) is 5.56 Å². The number of nitrogens with one attached hydrogen (secondary N) is 2. The quantitative estimate of drug-likeness (QED) is 0.700. The van der Waals surface area contributed by atoms with E-state index in [0.29, 0.717) is 13.1 Å². The number of sulfonamides is 1. The fraction of sp³-hybridized carbons (Fsp3) is 0.611. The highest BCUT2D eigenvalue weighted by Gasteiger charge is 2.22. The van der Waals surface area contributed by atoms with Crippen LogP contribution in [0.5, 0.6) is 0 Å². The summed E-state index contributed by atoms with van der Waals surface area (Å²) in [5.41, 5.74) is 0.933. The molecule has 25 heavy (non-hydrogen) atoms. The van der Waals surface area contributed by atoms with Gasteiger partial charge in [0.1, 0.15) is 0 Å². The standard InChI is InChI=1S/C18H31N3O3S/c1-7-21(8-2)25(23,24)17-11-9-16(10-12-17)14(5)20-15(6)18(22)19-13(3)4/h9-15,20H,7-8H2,1-6H3,(H,19,22)/t14-,15+/m0/s1. The van der Waals surface area contributed by atoms with Crippen molar-refractivity contribution in [3.8, 4) is 0 Å². The van der Waals surface area contributed by atoms with Crippen molar-refractivity contribution < 1.29 is 13.2 Å². The molecule has 0 aliphatic rings. The lowest BCUT2D eigenvalue weighted by Gasteiger charge is -2.22. The number of hydrogen-bond acceptors (Lipinski definition) is 4. The molecular formula is C18H31N3O3S. The molecule has 0 aromatic heterocycles. The Kier molecular flexibility index (Phi) is 8.05. The van der Waals surface area contributed by atoms with Crippen LogP contribution in [0.15, 0.2) is 29.2 Å². The van der Waals surface area contributed by atoms with E-state index in [1.165, 1.54) is 4.31 Å². The Labute approximate surface area is 152 Å². The average molecular weight is 370 g/mol. The molecule has 6 nitrogen and oxygen atoms in total. The van der Waals surface area contributed by atoms with Gasteiger partial charge in [0.2, 0.25) is 15.9 Å². The highest BCUT2D eigenvalue weighted by Crippen LogP contribution is 2.19. The van der Waals surface area contributed by atoms with E-state index in [1.54, 1.807) is 24.3 Å². The molecule has 0 bridgehead atoms. The van der Waals surface area contributed by atoms with Crippen LogP contribution in [0.3, 0.4) is 0 Å². The Morgan fingerprint density at radius 2 is 1.56 bits per heavy atom. The first-order valence-corrected chi connectivity index (χ1v) is 10.2. The van der Waals surface area contributed by atoms with Crippen molar-refractivity contribution in [2.75, 3.05) is 13.1 Å². The van der Waals surface area contributed by atoms with Crippen LogP contribution < -0.4 is 10.6 Å². The summed E-state index contributed by atoms with van der Waals surface area (Å²) in [6.45, 7) is 12.1. The third-order valence-corrected chi connectivity index (χ3v) is 6.11. The van der Waals surface area contributed by atoms with Crippen molar-refractivity contribution in [2.24, 2.45) is 0 Å². The Bertz CT molecular complexity index is 653. The number of rotatable bonds is 9. The van der Waals surface area contributed by atoms with Gasteiger partial charge in [-0.1, -0.05) is 26.0 Å². The summed E-state index contributed by atoms with van der Waals surface area (Å²) in [5.74, 6) is -0.0532. The molecule has 7 heteroatoms. The van der Waals surface area contributed by atoms with Gasteiger partial charge in [0.15, 0.2) is 0 Å². The summed E-state index contributed by atoms with van der Waals surface area (Å²) in [5, 5.41) is 6.10. The summed E-state index contributed by atoms with van der Waals surface area (Å²) in [7, 11) is -3.44. The predicted octanol–water partition coefficient (Wildman–Crippen LogP) is 2.28. The monoisotopic (exact) mass is 369 g/mol. The van der Waals surface area contributed by atoms with Crippen LogP contribution in [0.2, 0.25) is 0 Å². The number of benzene rings is 1. The van der Waals surface area contributed by atoms with Crippen molar-refractivity contribution in [3.05, 3.63) is 29.8 Å². The number of carbonyl (C=O) groups excluding carboxylic acids is 1. The van der Waals surface area contributed by atoms with Crippen molar-refractivity contribution in [1.82, 2.24) is 14.9 Å². The normalized spacial score (nSPS) is 14.6. The van der Waals surface area contributed by atoms with Gasteiger partial charge in [-0.05, 0) is 45.4 Å². The van der Waals surface area contributed by atoms with Crippen molar-refractivity contribution in [2.45, 2.75) is 64.6 Å². The first-order valence-electron chi connectivity index (χ1n) is 8.79. The molecule has 0 aliphatic heterocycles. The minimum atomic E-state index is -3.44. The Hall–Kier alpha value is -1.44. The van der Waals surface area contributed by atoms with E-state index in [4.69, 9.17) is 0 Å². The number of hydrogen-bond donors (Lipinski definition) is 2. The van der Waals surface area contributed by atoms with E-state index in [1.807, 2.05) is 41.5 Å². The van der Waals surface area contributed by atoms with Gasteiger partial charge in [0.05, 0.1) is 10.9 Å². The van der Waals surface area contributed by atoms with Gasteiger partial charge in [-0.3, -0.25) is 10.1 Å². The molecule has 1 rings (SSSR count). The average Bonchev–Trinajstić information content (AvgIpc) is 2.55. The van der Waals surface area contributed by atoms with E-state index >= 15 is 0 Å². The van der Waals surface area contributed by atoms with Gasteiger partial charge in [0, 0.05) is 25.2 Å². The molecule has 0 fully saturated rings. The van der Waals surface area contributed by atoms with Gasteiger partial charge in [-0.2, -0.15) is 4.31 Å². The van der Waals surface area contributed by atoms with E-state index in [2.05, 4.69) is 10.6 Å². The summed E-state index contributed by atoms with van der Waals surface area (Å²) < 4.78 is 26.4. The molecular weight excluding hydrogens is 338 g/mol. The topological polar surface area (TPSA) is 78.5 Å². The van der Waals surface area contributed by atoms with Crippen molar-refractivity contribution in [3.63, 3.8) is 0 Å². The number of amides is 1. The van der Waals surface area contributed by atoms with Crippen LogP contribution in [0.1, 0.15) is 53.1 Å². The van der Waals surface area contributed by atoms with Crippen LogP contribution in [0, 0.1) is 0 Å². The van der Waals surface area contributed by atoms with Gasteiger partial charge in [-0.25, -0.2) is 8.42 Å². The predicted molar refractivity (Wildman–Crippen MR) is 101 cm³/mol. The Balaban J connectivity index is 2.84. The zero-order valence-electron chi connectivity index (χ0n) is 16.0. The highest BCUT2D eigenvalue weighted by atomic mass is 32.2. The van der Waals surface area contributed by atoms with Crippen LogP contribution in [-0.4, -0.2) is 43.8 Å². The molecule has 0 unspecified atom stereocenters. The zero-order chi connectivity index (χ0) is 19.2. The van der Waals surface area contributed by atoms with E-state index < -0.39 is 10.0 Å². The molecule has 142 valence electrons. The maximum absolute atomic E-state index is 12.5. The molecule has 2 N–H and O–H groups in total. The first kappa shape index (κ1) is 21.6. The lowest BCUT2D eigenvalue weighted by atomic mass is 10.1. The fourth-order valence-electron chi connectivity index (χ4n) is 2.60. The number of nitrogens with zero attached hydrogens (tertiary/aromatic N) is 1. The van der Waals surface area contributed by atoms with Crippen molar-refractivity contribution in [1.29, 1.82) is 0 Å². The lowest BCUT2D eigenvalue weighted by Crippen LogP contribution is -2.45. The highest BCUT2D eigenvalue weighted by molar-refractivity contribution is 7.89. The van der Waals surface area contributed by atoms with Crippen LogP contribution >= 0.6 is 0 Å². The molecule has 0 saturated carbocycles. The summed E-state index contributed by atoms with van der Waals surface area (Å²) in [6, 6.07) is 6.52. The molecule has 1 aromatic rings. The fourth-order valence-corrected chi connectivity index (χ4v) is 4.06. The van der Waals surface area contributed by atoms with Crippen LogP contribution in [0.4, 0.5) is 0 Å². The minimum Gasteiger partial charge on any atom is -0.353 e. The third-order valence-electron chi connectivity index (χ3n) is 4.05. The summed E-state index contributed by atoms with van der Waals surface area (Å²) in [6.07, 6.45) is 0. The van der Waals surface area contributed by atoms with E-state index in [9.17, 15) is 13.2 Å². The summed E-state index contributed by atoms with van der Waals surface area (Å²) >= 11 is 0. The smallest absolute Gasteiger partial charge is 0.243 e. The molecule has 1 amide bonds. The van der Waals surface area contributed by atoms with Gasteiger partial charge in [-0.15, -0.1) is 0 Å². The molecule has 0 saturated heterocycles. The van der Waals surface area contributed by atoms with Crippen LogP contribution in [0.25, 0.3) is 0 Å². The number of carbonyl (C=O) groups is 1. The second-order valence-corrected chi connectivity index (χ2v) is 8.37. The third kappa shape index (κ3) is 5.80. The molecule has 0 heterocycles. The Morgan fingerprint density at radius 3 is 2.00 bits per heavy atom. The second-order valence-electron chi connectivity index (χ2n) is 6.43. The van der Waals surface area contributed by atoms with Gasteiger partial charge in [0.25, 0.3) is 0 Å². The lowest BCUT2D eigenvalue weighted by molar-refractivity contribution is -0.123. The zero-order valence-corrected chi connectivity index (χ0v) is 16.9. The maximum Gasteiger partial charge on any atom is 0.243 e. The maximum atomic E-state index is 12.5. The van der Waals surface area contributed by atoms with Crippen molar-refractivity contribution >= 4 is 15.9 Å². The molecule has 0 aliphatic carbocycles. The largest absolute Gasteiger partial charge is 0.353 e. The molecule has 0 radical (unpaired) electrons. The van der Waals surface area contributed by atoms with E-state index in [-0.39, 0.29) is 28.9 Å². The van der Waals surface area contributed by atoms with Crippen LogP contribution in [-0.2, 0) is 14.8 Å². The Morgan fingerprint density at radius 1 is 1.04 bits per heavy atom. The minimum absolute atomic E-state index is 0.0532.